The van der Waals surface area contributed by atoms with Gasteiger partial charge in [0.15, 0.2) is 0 Å². The molecule has 3 rings (SSSR count). The van der Waals surface area contributed by atoms with Gasteiger partial charge in [-0.25, -0.2) is 4.98 Å². The van der Waals surface area contributed by atoms with Gasteiger partial charge in [-0.05, 0) is 30.0 Å². The number of aromatic nitrogens is 1. The summed E-state index contributed by atoms with van der Waals surface area (Å²) in [6, 6.07) is 14.1. The molecule has 0 fully saturated rings. The Hall–Kier alpha value is -2.02. The zero-order valence-electron chi connectivity index (χ0n) is 13.9. The minimum atomic E-state index is 0.0975. The maximum Gasteiger partial charge on any atom is 0.228 e. The van der Waals surface area contributed by atoms with Gasteiger partial charge in [0.2, 0.25) is 5.91 Å². The average molecular weight is 372 g/mol. The smallest absolute Gasteiger partial charge is 0.228 e. The molecule has 0 atom stereocenters. The van der Waals surface area contributed by atoms with Crippen LogP contribution in [0.25, 0.3) is 9.88 Å². The number of nitrogens with zero attached hydrogens (tertiary/aromatic N) is 2. The van der Waals surface area contributed by atoms with Crippen LogP contribution in [0.4, 0.5) is 0 Å². The van der Waals surface area contributed by atoms with Crippen LogP contribution in [0.1, 0.15) is 17.7 Å². The molecule has 0 saturated heterocycles. The van der Waals surface area contributed by atoms with Crippen molar-refractivity contribution in [3.05, 3.63) is 64.5 Å². The van der Waals surface area contributed by atoms with Crippen LogP contribution >= 0.6 is 22.7 Å². The van der Waals surface area contributed by atoms with Crippen LogP contribution < -0.4 is 5.73 Å². The minimum absolute atomic E-state index is 0.0975. The van der Waals surface area contributed by atoms with E-state index in [9.17, 15) is 4.79 Å². The van der Waals surface area contributed by atoms with Gasteiger partial charge < -0.3 is 10.6 Å². The average Bonchev–Trinajstić information content (AvgIpc) is 3.31. The number of thiazole rings is 1. The van der Waals surface area contributed by atoms with Crippen LogP contribution in [0.5, 0.6) is 0 Å². The second-order valence-electron chi connectivity index (χ2n) is 5.74. The van der Waals surface area contributed by atoms with Gasteiger partial charge in [0.1, 0.15) is 5.01 Å². The summed E-state index contributed by atoms with van der Waals surface area (Å²) in [6.07, 6.45) is 1.13. The molecule has 0 bridgehead atoms. The molecule has 6 heteroatoms. The second kappa shape index (κ2) is 8.89. The lowest BCUT2D eigenvalue weighted by Gasteiger charge is -2.22. The van der Waals surface area contributed by atoms with E-state index in [0.717, 1.165) is 27.6 Å². The summed E-state index contributed by atoms with van der Waals surface area (Å²) in [5.74, 6) is 0.0975. The van der Waals surface area contributed by atoms with Crippen LogP contribution in [-0.2, 0) is 17.8 Å². The van der Waals surface area contributed by atoms with E-state index in [1.54, 1.807) is 22.7 Å². The van der Waals surface area contributed by atoms with E-state index in [0.29, 0.717) is 26.1 Å². The normalized spacial score (nSPS) is 10.8. The molecule has 1 amide bonds. The lowest BCUT2D eigenvalue weighted by atomic mass is 10.2. The van der Waals surface area contributed by atoms with Gasteiger partial charge in [0, 0.05) is 18.5 Å². The van der Waals surface area contributed by atoms with E-state index in [2.05, 4.69) is 11.1 Å². The molecule has 0 spiro atoms. The first kappa shape index (κ1) is 17.8. The molecule has 0 unspecified atom stereocenters. The first-order chi connectivity index (χ1) is 12.3. The molecule has 0 saturated carbocycles. The Kier molecular flexibility index (Phi) is 6.33. The Morgan fingerprint density at radius 1 is 1.12 bits per heavy atom. The van der Waals surface area contributed by atoms with Crippen molar-refractivity contribution in [1.82, 2.24) is 9.88 Å². The number of rotatable bonds is 8. The largest absolute Gasteiger partial charge is 0.338 e. The third kappa shape index (κ3) is 4.98. The first-order valence-corrected chi connectivity index (χ1v) is 10.0. The van der Waals surface area contributed by atoms with Crippen molar-refractivity contribution in [2.45, 2.75) is 19.4 Å². The highest BCUT2D eigenvalue weighted by Gasteiger charge is 2.16. The van der Waals surface area contributed by atoms with Crippen LogP contribution in [0.3, 0.4) is 0 Å². The molecule has 0 aliphatic heterocycles. The van der Waals surface area contributed by atoms with Gasteiger partial charge in [0.05, 0.1) is 17.0 Å². The predicted molar refractivity (Wildman–Crippen MR) is 105 cm³/mol. The van der Waals surface area contributed by atoms with Gasteiger partial charge in [-0.3, -0.25) is 4.79 Å². The van der Waals surface area contributed by atoms with Crippen molar-refractivity contribution >= 4 is 28.6 Å². The zero-order chi connectivity index (χ0) is 17.5. The van der Waals surface area contributed by atoms with Gasteiger partial charge in [0.25, 0.3) is 0 Å². The van der Waals surface area contributed by atoms with Crippen molar-refractivity contribution in [3.8, 4) is 9.88 Å². The van der Waals surface area contributed by atoms with E-state index in [4.69, 9.17) is 5.73 Å². The maximum atomic E-state index is 12.8. The predicted octanol–water partition coefficient (Wildman–Crippen LogP) is 3.79. The molecule has 0 radical (unpaired) electrons. The third-order valence-electron chi connectivity index (χ3n) is 3.82. The quantitative estimate of drug-likeness (QED) is 0.655. The van der Waals surface area contributed by atoms with Crippen LogP contribution in [-0.4, -0.2) is 28.9 Å². The number of hydrogen-bond acceptors (Lipinski definition) is 5. The van der Waals surface area contributed by atoms with E-state index in [1.165, 1.54) is 0 Å². The molecule has 4 nitrogen and oxygen atoms in total. The standard InChI is InChI=1S/C19H21N3OS2/c20-9-5-10-22(13-15-6-2-1-3-7-15)18(23)12-16-14-25-19(21-16)17-8-4-11-24-17/h1-4,6-8,11,14H,5,9-10,12-13,20H2. The van der Waals surface area contributed by atoms with Crippen LogP contribution in [0.15, 0.2) is 53.2 Å². The zero-order valence-corrected chi connectivity index (χ0v) is 15.6. The van der Waals surface area contributed by atoms with Gasteiger partial charge in [-0.1, -0.05) is 36.4 Å². The molecule has 25 heavy (non-hydrogen) atoms. The maximum absolute atomic E-state index is 12.8. The number of hydrogen-bond donors (Lipinski definition) is 1. The molecule has 2 heterocycles. The molecule has 2 aromatic heterocycles. The molecule has 1 aromatic carbocycles. The lowest BCUT2D eigenvalue weighted by molar-refractivity contribution is -0.131. The van der Waals surface area contributed by atoms with Crippen molar-refractivity contribution in [1.29, 1.82) is 0 Å². The summed E-state index contributed by atoms with van der Waals surface area (Å²) in [6.45, 7) is 1.87. The molecule has 2 N–H and O–H groups in total. The Balaban J connectivity index is 1.67. The van der Waals surface area contributed by atoms with E-state index in [-0.39, 0.29) is 5.91 Å². The Morgan fingerprint density at radius 3 is 2.68 bits per heavy atom. The van der Waals surface area contributed by atoms with Crippen molar-refractivity contribution < 1.29 is 4.79 Å². The second-order valence-corrected chi connectivity index (χ2v) is 7.55. The van der Waals surface area contributed by atoms with E-state index in [1.807, 2.05) is 52.1 Å². The lowest BCUT2D eigenvalue weighted by Crippen LogP contribution is -2.33. The SMILES string of the molecule is NCCCN(Cc1ccccc1)C(=O)Cc1csc(-c2cccs2)n1. The topological polar surface area (TPSA) is 59.2 Å². The highest BCUT2D eigenvalue weighted by molar-refractivity contribution is 7.20. The summed E-state index contributed by atoms with van der Waals surface area (Å²) >= 11 is 3.26. The van der Waals surface area contributed by atoms with Gasteiger partial charge in [-0.15, -0.1) is 22.7 Å². The molecule has 3 aromatic rings. The number of nitrogens with two attached hydrogens (primary N) is 1. The number of carbonyl (C=O) groups is 1. The van der Waals surface area contributed by atoms with Crippen molar-refractivity contribution in [2.75, 3.05) is 13.1 Å². The van der Waals surface area contributed by atoms with E-state index >= 15 is 0 Å². The molecular formula is C19H21N3OS2. The minimum Gasteiger partial charge on any atom is -0.338 e. The highest BCUT2D eigenvalue weighted by Crippen LogP contribution is 2.28. The Bertz CT molecular complexity index is 784. The van der Waals surface area contributed by atoms with Crippen molar-refractivity contribution in [3.63, 3.8) is 0 Å². The summed E-state index contributed by atoms with van der Waals surface area (Å²) in [5.41, 5.74) is 7.60. The summed E-state index contributed by atoms with van der Waals surface area (Å²) in [4.78, 5) is 20.4. The molecular weight excluding hydrogens is 350 g/mol. The fraction of sp³-hybridized carbons (Fsp3) is 0.263. The number of thiophene rings is 1. The van der Waals surface area contributed by atoms with Crippen molar-refractivity contribution in [2.24, 2.45) is 5.73 Å². The Labute approximate surface area is 155 Å². The fourth-order valence-corrected chi connectivity index (χ4v) is 4.18. The third-order valence-corrected chi connectivity index (χ3v) is 5.75. The number of benzene rings is 1. The fourth-order valence-electron chi connectivity index (χ4n) is 2.55. The molecule has 0 aliphatic carbocycles. The highest BCUT2D eigenvalue weighted by atomic mass is 32.1. The molecule has 0 aliphatic rings. The van der Waals surface area contributed by atoms with Gasteiger partial charge >= 0.3 is 0 Å². The number of carbonyl (C=O) groups excluding carboxylic acids is 1. The summed E-state index contributed by atoms with van der Waals surface area (Å²) in [7, 11) is 0. The summed E-state index contributed by atoms with van der Waals surface area (Å²) in [5, 5.41) is 5.00. The monoisotopic (exact) mass is 371 g/mol. The number of amides is 1. The van der Waals surface area contributed by atoms with Crippen LogP contribution in [0.2, 0.25) is 0 Å². The summed E-state index contributed by atoms with van der Waals surface area (Å²) < 4.78 is 0. The van der Waals surface area contributed by atoms with Gasteiger partial charge in [-0.2, -0.15) is 0 Å². The first-order valence-electron chi connectivity index (χ1n) is 8.26. The van der Waals surface area contributed by atoms with Crippen LogP contribution in [0, 0.1) is 0 Å². The van der Waals surface area contributed by atoms with E-state index < -0.39 is 0 Å². The Morgan fingerprint density at radius 2 is 1.96 bits per heavy atom. The molecule has 130 valence electrons.